The van der Waals surface area contributed by atoms with E-state index in [1.807, 2.05) is 0 Å². The Morgan fingerprint density at radius 2 is 2.00 bits per heavy atom. The van der Waals surface area contributed by atoms with Gasteiger partial charge in [-0.25, -0.2) is 4.39 Å². The summed E-state index contributed by atoms with van der Waals surface area (Å²) in [5.74, 6) is -1.45. The van der Waals surface area contributed by atoms with Gasteiger partial charge in [0.25, 0.3) is 11.1 Å². The van der Waals surface area contributed by atoms with Gasteiger partial charge in [-0.15, -0.1) is 0 Å². The second-order valence-electron chi connectivity index (χ2n) is 8.60. The first-order valence-corrected chi connectivity index (χ1v) is 11.9. The number of carbonyl (C=O) groups is 2. The fourth-order valence-corrected chi connectivity index (χ4v) is 5.33. The molecule has 2 aromatic carbocycles. The number of piperidine rings is 1. The van der Waals surface area contributed by atoms with Gasteiger partial charge in [0.05, 0.1) is 40.9 Å². The molecular formula is C24H20F4N4O3S. The van der Waals surface area contributed by atoms with Gasteiger partial charge < -0.3 is 10.4 Å². The molecule has 0 spiro atoms. The highest BCUT2D eigenvalue weighted by Gasteiger charge is 2.43. The first-order chi connectivity index (χ1) is 17.1. The van der Waals surface area contributed by atoms with E-state index in [2.05, 4.69) is 10.4 Å². The highest BCUT2D eigenvalue weighted by atomic mass is 32.2. The Morgan fingerprint density at radius 1 is 1.19 bits per heavy atom. The van der Waals surface area contributed by atoms with Crippen LogP contribution in [0.2, 0.25) is 0 Å². The van der Waals surface area contributed by atoms with Crippen LogP contribution in [0.3, 0.4) is 0 Å². The fraction of sp³-hybridized carbons (Fsp3) is 0.292. The van der Waals surface area contributed by atoms with Crippen molar-refractivity contribution in [2.75, 3.05) is 13.1 Å². The minimum atomic E-state index is -4.71. The van der Waals surface area contributed by atoms with E-state index in [1.165, 1.54) is 10.9 Å². The third-order valence-electron chi connectivity index (χ3n) is 6.23. The standard InChI is InChI=1S/C24H20F4N4O3S/c25-16-3-2-14(17(9-16)24(26,27)28)12-31-18-4-1-13(7-15(18)10-30-31)8-21-22(34)32(23(35)36-21)19-11-29-6-5-20(19)33/h1-4,7-10,19-20,29,33H,5-6,11-12H2/t19-,20-/m0/s1. The largest absolute Gasteiger partial charge is 0.416 e. The van der Waals surface area contributed by atoms with Crippen molar-refractivity contribution in [3.63, 3.8) is 0 Å². The number of aromatic nitrogens is 2. The molecule has 2 saturated heterocycles. The highest BCUT2D eigenvalue weighted by molar-refractivity contribution is 8.18. The van der Waals surface area contributed by atoms with Crippen LogP contribution in [0.4, 0.5) is 22.4 Å². The maximum Gasteiger partial charge on any atom is 0.416 e. The van der Waals surface area contributed by atoms with E-state index in [0.29, 0.717) is 42.0 Å². The molecule has 7 nitrogen and oxygen atoms in total. The fourth-order valence-electron chi connectivity index (χ4n) is 4.44. The quantitative estimate of drug-likeness (QED) is 0.400. The number of nitrogens with zero attached hydrogens (tertiary/aromatic N) is 3. The number of thioether (sulfide) groups is 1. The van der Waals surface area contributed by atoms with Crippen LogP contribution >= 0.6 is 11.8 Å². The molecule has 188 valence electrons. The first-order valence-electron chi connectivity index (χ1n) is 11.1. The first kappa shape index (κ1) is 24.5. The van der Waals surface area contributed by atoms with Crippen LogP contribution in [0, 0.1) is 5.82 Å². The molecule has 5 rings (SSSR count). The molecule has 2 amide bonds. The molecule has 3 aromatic rings. The number of fused-ring (bicyclic) bond motifs is 1. The lowest BCUT2D eigenvalue weighted by atomic mass is 10.0. The Hall–Kier alpha value is -3.22. The number of nitrogens with one attached hydrogen (secondary N) is 1. The summed E-state index contributed by atoms with van der Waals surface area (Å²) < 4.78 is 54.9. The summed E-state index contributed by atoms with van der Waals surface area (Å²) in [5, 5.41) is 17.7. The molecule has 0 aliphatic carbocycles. The van der Waals surface area contributed by atoms with E-state index in [4.69, 9.17) is 0 Å². The number of rotatable bonds is 4. The zero-order valence-corrected chi connectivity index (χ0v) is 19.4. The molecular weight excluding hydrogens is 500 g/mol. The van der Waals surface area contributed by atoms with Crippen molar-refractivity contribution in [2.45, 2.75) is 31.3 Å². The van der Waals surface area contributed by atoms with Crippen molar-refractivity contribution >= 4 is 39.9 Å². The van der Waals surface area contributed by atoms with Gasteiger partial charge in [0.15, 0.2) is 0 Å². The van der Waals surface area contributed by atoms with Crippen LogP contribution in [0.5, 0.6) is 0 Å². The lowest BCUT2D eigenvalue weighted by Crippen LogP contribution is -2.55. The summed E-state index contributed by atoms with van der Waals surface area (Å²) >= 11 is 0.791. The van der Waals surface area contributed by atoms with Crippen LogP contribution in [-0.4, -0.2) is 56.2 Å². The van der Waals surface area contributed by atoms with Crippen molar-refractivity contribution in [2.24, 2.45) is 0 Å². The molecule has 12 heteroatoms. The van der Waals surface area contributed by atoms with Crippen molar-refractivity contribution < 1.29 is 32.3 Å². The molecule has 36 heavy (non-hydrogen) atoms. The van der Waals surface area contributed by atoms with Crippen molar-refractivity contribution in [1.29, 1.82) is 0 Å². The van der Waals surface area contributed by atoms with Gasteiger partial charge in [0.1, 0.15) is 5.82 Å². The number of carbonyl (C=O) groups excluding carboxylic acids is 2. The highest BCUT2D eigenvalue weighted by Crippen LogP contribution is 2.36. The monoisotopic (exact) mass is 520 g/mol. The SMILES string of the molecule is O=C1SC(=Cc2ccc3c(cnn3Cc3ccc(F)cc3C(F)(F)F)c2)C(=O)N1[C@H]1CNCC[C@@H]1O. The molecule has 2 fully saturated rings. The molecule has 3 heterocycles. The zero-order chi connectivity index (χ0) is 25.6. The Morgan fingerprint density at radius 3 is 2.75 bits per heavy atom. The van der Waals surface area contributed by atoms with Gasteiger partial charge >= 0.3 is 6.18 Å². The topological polar surface area (TPSA) is 87.5 Å². The predicted octanol–water partition coefficient (Wildman–Crippen LogP) is 4.00. The number of hydrogen-bond donors (Lipinski definition) is 2. The number of alkyl halides is 3. The summed E-state index contributed by atoms with van der Waals surface area (Å²) in [5.41, 5.74) is -0.0236. The molecule has 0 bridgehead atoms. The van der Waals surface area contributed by atoms with Gasteiger partial charge in [-0.05, 0) is 66.2 Å². The summed E-state index contributed by atoms with van der Waals surface area (Å²) in [6.45, 7) is 0.715. The second-order valence-corrected chi connectivity index (χ2v) is 9.59. The minimum Gasteiger partial charge on any atom is -0.391 e. The van der Waals surface area contributed by atoms with Gasteiger partial charge in [0, 0.05) is 11.9 Å². The third-order valence-corrected chi connectivity index (χ3v) is 7.11. The number of imide groups is 1. The number of aliphatic hydroxyl groups excluding tert-OH is 1. The molecule has 2 N–H and O–H groups in total. The maximum absolute atomic E-state index is 13.4. The van der Waals surface area contributed by atoms with E-state index in [1.54, 1.807) is 24.3 Å². The Labute approximate surface area is 206 Å². The van der Waals surface area contributed by atoms with Crippen LogP contribution in [0.15, 0.2) is 47.5 Å². The third kappa shape index (κ3) is 4.63. The van der Waals surface area contributed by atoms with Gasteiger partial charge in [-0.3, -0.25) is 19.2 Å². The minimum absolute atomic E-state index is 0.119. The molecule has 0 radical (unpaired) electrons. The van der Waals surface area contributed by atoms with E-state index >= 15 is 0 Å². The summed E-state index contributed by atoms with van der Waals surface area (Å²) in [6.07, 6.45) is -2.01. The lowest BCUT2D eigenvalue weighted by Gasteiger charge is -2.33. The number of hydrogen-bond acceptors (Lipinski definition) is 6. The molecule has 1 aromatic heterocycles. The van der Waals surface area contributed by atoms with Gasteiger partial charge in [0.2, 0.25) is 0 Å². The van der Waals surface area contributed by atoms with Crippen molar-refractivity contribution in [1.82, 2.24) is 20.0 Å². The number of benzene rings is 2. The number of halogens is 4. The summed E-state index contributed by atoms with van der Waals surface area (Å²) in [6, 6.07) is 6.93. The number of aliphatic hydroxyl groups is 1. The van der Waals surface area contributed by atoms with Crippen molar-refractivity contribution in [3.05, 3.63) is 70.0 Å². The molecule has 2 aliphatic heterocycles. The van der Waals surface area contributed by atoms with Gasteiger partial charge in [-0.2, -0.15) is 18.3 Å². The van der Waals surface area contributed by atoms with Crippen LogP contribution < -0.4 is 5.32 Å². The van der Waals surface area contributed by atoms with E-state index < -0.39 is 40.8 Å². The van der Waals surface area contributed by atoms with E-state index in [-0.39, 0.29) is 17.0 Å². The van der Waals surface area contributed by atoms with Crippen LogP contribution in [-0.2, 0) is 17.5 Å². The molecule has 0 unspecified atom stereocenters. The van der Waals surface area contributed by atoms with E-state index in [9.17, 15) is 32.3 Å². The summed E-state index contributed by atoms with van der Waals surface area (Å²) in [4.78, 5) is 26.7. The van der Waals surface area contributed by atoms with Crippen LogP contribution in [0.25, 0.3) is 17.0 Å². The van der Waals surface area contributed by atoms with Gasteiger partial charge in [-0.1, -0.05) is 12.1 Å². The lowest BCUT2D eigenvalue weighted by molar-refractivity contribution is -0.138. The Balaban J connectivity index is 1.40. The number of amides is 2. The summed E-state index contributed by atoms with van der Waals surface area (Å²) in [7, 11) is 0. The molecule has 0 saturated carbocycles. The van der Waals surface area contributed by atoms with Crippen LogP contribution in [0.1, 0.15) is 23.1 Å². The molecule has 2 atom stereocenters. The Bertz CT molecular complexity index is 1390. The normalized spacial score (nSPS) is 22.2. The maximum atomic E-state index is 13.4. The zero-order valence-electron chi connectivity index (χ0n) is 18.6. The van der Waals surface area contributed by atoms with Crippen molar-refractivity contribution in [3.8, 4) is 0 Å². The average molecular weight is 521 g/mol. The Kier molecular flexibility index (Phi) is 6.35. The van der Waals surface area contributed by atoms with E-state index in [0.717, 1.165) is 28.8 Å². The predicted molar refractivity (Wildman–Crippen MR) is 125 cm³/mol. The smallest absolute Gasteiger partial charge is 0.391 e. The second kappa shape index (κ2) is 9.34. The average Bonchev–Trinajstić information content (AvgIpc) is 3.34. The molecule has 2 aliphatic rings.